The molecule has 49 heavy (non-hydrogen) atoms. The van der Waals surface area contributed by atoms with E-state index in [0.29, 0.717) is 5.75 Å². The third-order valence-corrected chi connectivity index (χ3v) is 11.5. The quantitative estimate of drug-likeness (QED) is 0.183. The number of aromatic hydroxyl groups is 1. The highest BCUT2D eigenvalue weighted by Gasteiger charge is 2.55. The minimum Gasteiger partial charge on any atom is -0.508 e. The number of phenols is 1. The summed E-state index contributed by atoms with van der Waals surface area (Å²) in [6.45, 7) is 9.74. The Labute approximate surface area is 295 Å². The second-order valence-corrected chi connectivity index (χ2v) is 16.1. The molecule has 1 N–H and O–H groups in total. The molecule has 5 heteroatoms. The van der Waals surface area contributed by atoms with E-state index in [9.17, 15) is 5.11 Å². The van der Waals surface area contributed by atoms with E-state index < -0.39 is 5.60 Å². The van der Waals surface area contributed by atoms with Gasteiger partial charge in [0.05, 0.1) is 14.2 Å². The summed E-state index contributed by atoms with van der Waals surface area (Å²) >= 11 is 4.64. The van der Waals surface area contributed by atoms with Gasteiger partial charge >= 0.3 is 0 Å². The zero-order valence-electron chi connectivity index (χ0n) is 29.2. The van der Waals surface area contributed by atoms with Crippen molar-refractivity contribution in [3.8, 4) is 34.1 Å². The number of methoxy groups -OCH3 is 2. The zero-order chi connectivity index (χ0) is 34.3. The van der Waals surface area contributed by atoms with Gasteiger partial charge in [-0.25, -0.2) is 0 Å². The van der Waals surface area contributed by atoms with Crippen LogP contribution >= 0.6 is 12.6 Å². The number of rotatable bonds is 5. The summed E-state index contributed by atoms with van der Waals surface area (Å²) in [5.74, 6) is 3.01. The van der Waals surface area contributed by atoms with Crippen molar-refractivity contribution >= 4 is 29.5 Å². The second kappa shape index (κ2) is 11.1. The van der Waals surface area contributed by atoms with Crippen LogP contribution in [0.5, 0.6) is 23.0 Å². The van der Waals surface area contributed by atoms with Crippen molar-refractivity contribution in [2.24, 2.45) is 10.8 Å². The first-order valence-electron chi connectivity index (χ1n) is 17.2. The van der Waals surface area contributed by atoms with Crippen molar-refractivity contribution in [2.45, 2.75) is 63.7 Å². The third kappa shape index (κ3) is 4.80. The van der Waals surface area contributed by atoms with Crippen molar-refractivity contribution in [3.63, 3.8) is 0 Å². The van der Waals surface area contributed by atoms with E-state index in [0.717, 1.165) is 69.5 Å². The first kappa shape index (κ1) is 31.9. The molecular formula is C44H44O4S. The van der Waals surface area contributed by atoms with Gasteiger partial charge in [0.15, 0.2) is 5.60 Å². The van der Waals surface area contributed by atoms with Gasteiger partial charge in [-0.3, -0.25) is 0 Å². The van der Waals surface area contributed by atoms with Crippen molar-refractivity contribution < 1.29 is 19.3 Å². The lowest BCUT2D eigenvalue weighted by Crippen LogP contribution is -2.44. The van der Waals surface area contributed by atoms with Crippen LogP contribution in [-0.2, 0) is 16.8 Å². The van der Waals surface area contributed by atoms with Gasteiger partial charge in [-0.1, -0.05) is 82.3 Å². The van der Waals surface area contributed by atoms with Gasteiger partial charge in [-0.2, -0.15) is 12.6 Å². The van der Waals surface area contributed by atoms with Crippen LogP contribution in [0.3, 0.4) is 0 Å². The molecule has 1 aliphatic heterocycles. The molecule has 250 valence electrons. The average molecular weight is 669 g/mol. The number of fused-ring (bicyclic) bond motifs is 10. The Kier molecular flexibility index (Phi) is 7.21. The Morgan fingerprint density at radius 1 is 0.755 bits per heavy atom. The van der Waals surface area contributed by atoms with Gasteiger partial charge in [0.2, 0.25) is 0 Å². The van der Waals surface area contributed by atoms with Crippen LogP contribution in [0.15, 0.2) is 91.0 Å². The largest absolute Gasteiger partial charge is 0.508 e. The summed E-state index contributed by atoms with van der Waals surface area (Å²) in [5.41, 5.74) is 8.24. The number of benzene rings is 5. The molecule has 0 radical (unpaired) electrons. The standard InChI is InChI=1S/C44H44O4S/c1-41(2)24-42(3,4)26-43(25-41)36-10-8-7-9-32(36)38-34-21-27(23-49)37(45)22-35(34)40-33(39(38)43)19-20-44(48-40,28-11-15-30(46-5)16-12-28)29-13-17-31(47-6)18-14-29/h7-22,45,49H,23-26H2,1-6H3. The fourth-order valence-corrected chi connectivity index (χ4v) is 10.3. The number of ether oxygens (including phenoxy) is 3. The number of thiol groups is 1. The summed E-state index contributed by atoms with van der Waals surface area (Å²) in [7, 11) is 3.36. The predicted molar refractivity (Wildman–Crippen MR) is 202 cm³/mol. The van der Waals surface area contributed by atoms with Gasteiger partial charge in [0, 0.05) is 38.8 Å². The summed E-state index contributed by atoms with van der Waals surface area (Å²) in [5, 5.41) is 13.4. The molecule has 3 aliphatic rings. The molecule has 1 saturated carbocycles. The Bertz CT molecular complexity index is 2080. The molecule has 0 bridgehead atoms. The maximum Gasteiger partial charge on any atom is 0.178 e. The Morgan fingerprint density at radius 3 is 1.92 bits per heavy atom. The first-order chi connectivity index (χ1) is 23.4. The topological polar surface area (TPSA) is 47.9 Å². The molecule has 0 amide bonds. The highest BCUT2D eigenvalue weighted by Crippen LogP contribution is 2.67. The molecule has 2 aliphatic carbocycles. The summed E-state index contributed by atoms with van der Waals surface area (Å²) < 4.78 is 18.6. The molecule has 1 fully saturated rings. The van der Waals surface area contributed by atoms with Crippen molar-refractivity contribution in [1.29, 1.82) is 0 Å². The van der Waals surface area contributed by atoms with Crippen LogP contribution in [0.2, 0.25) is 0 Å². The predicted octanol–water partition coefficient (Wildman–Crippen LogP) is 10.8. The normalized spacial score (nSPS) is 18.8. The van der Waals surface area contributed by atoms with Crippen molar-refractivity contribution in [3.05, 3.63) is 124 Å². The molecule has 1 heterocycles. The van der Waals surface area contributed by atoms with Crippen LogP contribution in [-0.4, -0.2) is 19.3 Å². The van der Waals surface area contributed by atoms with E-state index in [1.807, 2.05) is 30.3 Å². The van der Waals surface area contributed by atoms with E-state index in [1.165, 1.54) is 22.3 Å². The van der Waals surface area contributed by atoms with Crippen molar-refractivity contribution in [2.75, 3.05) is 14.2 Å². The monoisotopic (exact) mass is 668 g/mol. The minimum absolute atomic E-state index is 0.124. The maximum absolute atomic E-state index is 11.4. The number of phenolic OH excluding ortho intramolecular Hbond substituents is 1. The lowest BCUT2D eigenvalue weighted by molar-refractivity contribution is 0.0642. The average Bonchev–Trinajstić information content (AvgIpc) is 3.35. The van der Waals surface area contributed by atoms with Crippen LogP contribution in [0, 0.1) is 10.8 Å². The van der Waals surface area contributed by atoms with Crippen molar-refractivity contribution in [1.82, 2.24) is 0 Å². The molecule has 5 aromatic rings. The molecule has 0 atom stereocenters. The third-order valence-electron chi connectivity index (χ3n) is 11.2. The molecular weight excluding hydrogens is 625 g/mol. The molecule has 0 aromatic heterocycles. The molecule has 8 rings (SSSR count). The van der Waals surface area contributed by atoms with E-state index >= 15 is 0 Å². The van der Waals surface area contributed by atoms with Gasteiger partial charge in [-0.15, -0.1) is 0 Å². The molecule has 5 aromatic carbocycles. The number of hydrogen-bond acceptors (Lipinski definition) is 5. The highest BCUT2D eigenvalue weighted by atomic mass is 32.1. The highest BCUT2D eigenvalue weighted by molar-refractivity contribution is 7.79. The molecule has 0 unspecified atom stereocenters. The lowest BCUT2D eigenvalue weighted by Gasteiger charge is -2.52. The number of hydrogen-bond donors (Lipinski definition) is 2. The van der Waals surface area contributed by atoms with Crippen LogP contribution < -0.4 is 14.2 Å². The van der Waals surface area contributed by atoms with Gasteiger partial charge in [-0.05, 0) is 100 Å². The van der Waals surface area contributed by atoms with E-state index in [1.54, 1.807) is 14.2 Å². The van der Waals surface area contributed by atoms with Crippen LogP contribution in [0.25, 0.3) is 28.0 Å². The minimum atomic E-state index is -0.950. The van der Waals surface area contributed by atoms with E-state index in [4.69, 9.17) is 14.2 Å². The van der Waals surface area contributed by atoms with Gasteiger partial charge in [0.25, 0.3) is 0 Å². The van der Waals surface area contributed by atoms with Gasteiger partial charge < -0.3 is 19.3 Å². The summed E-state index contributed by atoms with van der Waals surface area (Å²) in [4.78, 5) is 0. The fourth-order valence-electron chi connectivity index (χ4n) is 10.0. The lowest BCUT2D eigenvalue weighted by atomic mass is 9.52. The fraction of sp³-hybridized carbons (Fsp3) is 0.318. The summed E-state index contributed by atoms with van der Waals surface area (Å²) in [6, 6.07) is 29.3. The Hall–Kier alpha value is -4.35. The smallest absolute Gasteiger partial charge is 0.178 e. The molecule has 4 nitrogen and oxygen atoms in total. The molecule has 0 saturated heterocycles. The van der Waals surface area contributed by atoms with E-state index in [2.05, 4.69) is 107 Å². The zero-order valence-corrected chi connectivity index (χ0v) is 30.1. The van der Waals surface area contributed by atoms with Crippen LogP contribution in [0.4, 0.5) is 0 Å². The summed E-state index contributed by atoms with van der Waals surface area (Å²) in [6.07, 6.45) is 7.77. The SMILES string of the molecule is COc1ccc(C2(c3ccc(OC)cc3)C=Cc3c4c(c5cc(CS)c(O)cc5c3O2)-c2ccccc2C42CC(C)(C)CC(C)(C)C2)cc1. The first-order valence-corrected chi connectivity index (χ1v) is 17.8. The van der Waals surface area contributed by atoms with Crippen LogP contribution in [0.1, 0.15) is 80.3 Å². The molecule has 1 spiro atoms. The van der Waals surface area contributed by atoms with E-state index in [-0.39, 0.29) is 22.0 Å². The Balaban J connectivity index is 1.48. The maximum atomic E-state index is 11.4. The second-order valence-electron chi connectivity index (χ2n) is 15.8. The Morgan fingerprint density at radius 2 is 1.35 bits per heavy atom. The van der Waals surface area contributed by atoms with Gasteiger partial charge in [0.1, 0.15) is 23.0 Å².